The first-order chi connectivity index (χ1) is 6.30. The number of ether oxygens (including phenoxy) is 1. The van der Waals surface area contributed by atoms with E-state index < -0.39 is 0 Å². The molecule has 0 unspecified atom stereocenters. The fourth-order valence-corrected chi connectivity index (χ4v) is 1.31. The van der Waals surface area contributed by atoms with E-state index in [1.807, 2.05) is 12.1 Å². The van der Waals surface area contributed by atoms with Crippen molar-refractivity contribution in [2.45, 2.75) is 19.8 Å². The molecular formula is C11H15O2. The van der Waals surface area contributed by atoms with Crippen molar-refractivity contribution in [2.75, 3.05) is 7.11 Å². The van der Waals surface area contributed by atoms with Crippen LogP contribution in [0.2, 0.25) is 0 Å². The van der Waals surface area contributed by atoms with Gasteiger partial charge >= 0.3 is 0 Å². The highest BCUT2D eigenvalue weighted by molar-refractivity contribution is 5.36. The van der Waals surface area contributed by atoms with Gasteiger partial charge in [-0.25, -0.2) is 0 Å². The van der Waals surface area contributed by atoms with E-state index >= 15 is 0 Å². The van der Waals surface area contributed by atoms with Crippen molar-refractivity contribution in [2.24, 2.45) is 0 Å². The number of hydrogen-bond acceptors (Lipinski definition) is 2. The van der Waals surface area contributed by atoms with Gasteiger partial charge < -0.3 is 9.84 Å². The lowest BCUT2D eigenvalue weighted by atomic mass is 10.1. The molecule has 1 aromatic carbocycles. The normalized spacial score (nSPS) is 10.1. The van der Waals surface area contributed by atoms with Gasteiger partial charge in [0.1, 0.15) is 12.4 Å². The molecule has 0 aromatic heterocycles. The fourth-order valence-electron chi connectivity index (χ4n) is 1.31. The van der Waals surface area contributed by atoms with E-state index in [0.29, 0.717) is 0 Å². The van der Waals surface area contributed by atoms with Gasteiger partial charge in [0.2, 0.25) is 0 Å². The van der Waals surface area contributed by atoms with Gasteiger partial charge in [0.05, 0.1) is 7.11 Å². The van der Waals surface area contributed by atoms with Gasteiger partial charge in [-0.1, -0.05) is 19.4 Å². The van der Waals surface area contributed by atoms with Gasteiger partial charge in [-0.05, 0) is 29.7 Å². The second-order valence-corrected chi connectivity index (χ2v) is 2.99. The Morgan fingerprint density at radius 1 is 1.38 bits per heavy atom. The highest BCUT2D eigenvalue weighted by Crippen LogP contribution is 2.18. The standard InChI is InChI=1S/C11H15O2/c1-3-4-9-5-10(8-12)7-11(6-9)13-2/h5-8,12H,3-4H2,1-2H3. The Morgan fingerprint density at radius 3 is 2.69 bits per heavy atom. The minimum Gasteiger partial charge on any atom is -0.497 e. The monoisotopic (exact) mass is 179 g/mol. The van der Waals surface area contributed by atoms with E-state index in [-0.39, 0.29) is 0 Å². The average molecular weight is 179 g/mol. The Bertz CT molecular complexity index is 247. The molecule has 0 atom stereocenters. The van der Waals surface area contributed by atoms with Gasteiger partial charge in [0.15, 0.2) is 0 Å². The van der Waals surface area contributed by atoms with Crippen LogP contribution in [-0.4, -0.2) is 12.2 Å². The zero-order valence-corrected chi connectivity index (χ0v) is 8.08. The number of rotatable bonds is 4. The van der Waals surface area contributed by atoms with Crippen LogP contribution in [0.1, 0.15) is 24.5 Å². The number of benzene rings is 1. The van der Waals surface area contributed by atoms with Crippen LogP contribution in [0.5, 0.6) is 5.75 Å². The minimum atomic E-state index is 0.794. The van der Waals surface area contributed by atoms with Crippen molar-refractivity contribution in [3.8, 4) is 5.75 Å². The third-order valence-corrected chi connectivity index (χ3v) is 1.91. The number of hydrogen-bond donors (Lipinski definition) is 1. The van der Waals surface area contributed by atoms with Gasteiger partial charge in [0, 0.05) is 0 Å². The topological polar surface area (TPSA) is 29.5 Å². The molecule has 71 valence electrons. The quantitative estimate of drug-likeness (QED) is 0.769. The summed E-state index contributed by atoms with van der Waals surface area (Å²) in [7, 11) is 1.63. The maximum Gasteiger partial charge on any atom is 0.119 e. The molecule has 1 radical (unpaired) electrons. The minimum absolute atomic E-state index is 0.794. The van der Waals surface area contributed by atoms with Gasteiger partial charge in [-0.15, -0.1) is 0 Å². The summed E-state index contributed by atoms with van der Waals surface area (Å²) in [6, 6.07) is 5.77. The first-order valence-electron chi connectivity index (χ1n) is 4.45. The molecule has 0 bridgehead atoms. The molecule has 0 saturated carbocycles. The molecule has 0 spiro atoms. The number of aryl methyl sites for hydroxylation is 1. The highest BCUT2D eigenvalue weighted by atomic mass is 16.5. The maximum absolute atomic E-state index is 8.87. The molecule has 0 aliphatic heterocycles. The van der Waals surface area contributed by atoms with Crippen molar-refractivity contribution < 1.29 is 9.84 Å². The first-order valence-corrected chi connectivity index (χ1v) is 4.45. The lowest BCUT2D eigenvalue weighted by molar-refractivity contribution is 0.404. The van der Waals surface area contributed by atoms with Crippen LogP contribution in [0.15, 0.2) is 18.2 Å². The maximum atomic E-state index is 8.87. The van der Waals surface area contributed by atoms with Crippen LogP contribution >= 0.6 is 0 Å². The van der Waals surface area contributed by atoms with Crippen LogP contribution in [0.4, 0.5) is 0 Å². The van der Waals surface area contributed by atoms with Gasteiger partial charge in [-0.2, -0.15) is 0 Å². The zero-order valence-electron chi connectivity index (χ0n) is 8.08. The van der Waals surface area contributed by atoms with E-state index in [1.54, 1.807) is 13.2 Å². The molecule has 0 aliphatic rings. The summed E-state index contributed by atoms with van der Waals surface area (Å²) in [5, 5.41) is 8.87. The summed E-state index contributed by atoms with van der Waals surface area (Å²) < 4.78 is 5.11. The molecule has 2 nitrogen and oxygen atoms in total. The average Bonchev–Trinajstić information content (AvgIpc) is 2.17. The Balaban J connectivity index is 2.93. The lowest BCUT2D eigenvalue weighted by Crippen LogP contribution is -1.91. The molecule has 0 heterocycles. The van der Waals surface area contributed by atoms with Gasteiger partial charge in [0.25, 0.3) is 0 Å². The summed E-state index contributed by atoms with van der Waals surface area (Å²) in [5.74, 6) is 0.797. The molecule has 13 heavy (non-hydrogen) atoms. The van der Waals surface area contributed by atoms with Crippen LogP contribution in [0.25, 0.3) is 0 Å². The third kappa shape index (κ3) is 2.74. The van der Waals surface area contributed by atoms with E-state index in [9.17, 15) is 0 Å². The smallest absolute Gasteiger partial charge is 0.119 e. The molecule has 0 aliphatic carbocycles. The Kier molecular flexibility index (Phi) is 3.77. The lowest BCUT2D eigenvalue weighted by Gasteiger charge is -2.06. The first kappa shape index (κ1) is 10.1. The second-order valence-electron chi connectivity index (χ2n) is 2.99. The molecule has 1 aromatic rings. The van der Waals surface area contributed by atoms with E-state index in [1.165, 1.54) is 5.56 Å². The molecule has 1 N–H and O–H groups in total. The summed E-state index contributed by atoms with van der Waals surface area (Å²) in [4.78, 5) is 0. The molecule has 0 fully saturated rings. The summed E-state index contributed by atoms with van der Waals surface area (Å²) >= 11 is 0. The summed E-state index contributed by atoms with van der Waals surface area (Å²) in [6.45, 7) is 3.23. The molecule has 0 amide bonds. The van der Waals surface area contributed by atoms with Crippen LogP contribution in [0.3, 0.4) is 0 Å². The van der Waals surface area contributed by atoms with Crippen molar-refractivity contribution in [3.05, 3.63) is 35.9 Å². The Morgan fingerprint density at radius 2 is 2.15 bits per heavy atom. The van der Waals surface area contributed by atoms with E-state index in [0.717, 1.165) is 30.8 Å². The van der Waals surface area contributed by atoms with E-state index in [2.05, 4.69) is 6.92 Å². The Hall–Kier alpha value is -1.02. The Labute approximate surface area is 79.2 Å². The van der Waals surface area contributed by atoms with Crippen molar-refractivity contribution in [1.82, 2.24) is 0 Å². The fraction of sp³-hybridized carbons (Fsp3) is 0.364. The SMILES string of the molecule is CCCc1cc([CH]O)cc(OC)c1. The van der Waals surface area contributed by atoms with Crippen molar-refractivity contribution in [3.63, 3.8) is 0 Å². The van der Waals surface area contributed by atoms with Crippen LogP contribution < -0.4 is 4.74 Å². The van der Waals surface area contributed by atoms with Crippen molar-refractivity contribution in [1.29, 1.82) is 0 Å². The number of methoxy groups -OCH3 is 1. The van der Waals surface area contributed by atoms with Crippen LogP contribution in [0, 0.1) is 6.61 Å². The largest absolute Gasteiger partial charge is 0.497 e. The zero-order chi connectivity index (χ0) is 9.68. The van der Waals surface area contributed by atoms with E-state index in [4.69, 9.17) is 9.84 Å². The second kappa shape index (κ2) is 4.87. The van der Waals surface area contributed by atoms with Crippen LogP contribution in [-0.2, 0) is 6.42 Å². The predicted molar refractivity (Wildman–Crippen MR) is 52.3 cm³/mol. The number of aliphatic hydroxyl groups excluding tert-OH is 1. The molecular weight excluding hydrogens is 164 g/mol. The summed E-state index contributed by atoms with van der Waals surface area (Å²) in [6.07, 6.45) is 2.11. The summed E-state index contributed by atoms with van der Waals surface area (Å²) in [5.41, 5.74) is 1.99. The molecule has 2 heteroatoms. The van der Waals surface area contributed by atoms with Crippen molar-refractivity contribution >= 4 is 0 Å². The third-order valence-electron chi connectivity index (χ3n) is 1.91. The van der Waals surface area contributed by atoms with Gasteiger partial charge in [-0.3, -0.25) is 0 Å². The molecule has 0 saturated heterocycles. The predicted octanol–water partition coefficient (Wildman–Crippen LogP) is 2.53. The molecule has 1 rings (SSSR count). The number of aliphatic hydroxyl groups is 1. The highest BCUT2D eigenvalue weighted by Gasteiger charge is 1.99.